The molecule has 4 heteroatoms. The summed E-state index contributed by atoms with van der Waals surface area (Å²) >= 11 is 0. The third-order valence-electron chi connectivity index (χ3n) is 4.96. The molecule has 2 aromatic heterocycles. The molecule has 0 saturated heterocycles. The predicted octanol–water partition coefficient (Wildman–Crippen LogP) is 3.91. The van der Waals surface area contributed by atoms with Crippen molar-refractivity contribution in [2.45, 2.75) is 24.8 Å². The quantitative estimate of drug-likeness (QED) is 0.717. The zero-order valence-electron chi connectivity index (χ0n) is 13.4. The highest BCUT2D eigenvalue weighted by atomic mass is 16.1. The molecule has 1 saturated carbocycles. The molecule has 0 radical (unpaired) electrons. The summed E-state index contributed by atoms with van der Waals surface area (Å²) in [7, 11) is 0. The highest BCUT2D eigenvalue weighted by molar-refractivity contribution is 5.92. The van der Waals surface area contributed by atoms with Gasteiger partial charge in [-0.2, -0.15) is 0 Å². The van der Waals surface area contributed by atoms with E-state index in [0.29, 0.717) is 0 Å². The number of nitrogens with one attached hydrogen (secondary N) is 2. The van der Waals surface area contributed by atoms with E-state index in [9.17, 15) is 4.79 Å². The van der Waals surface area contributed by atoms with Gasteiger partial charge in [0.05, 0.1) is 5.54 Å². The topological polar surface area (TPSA) is 57.8 Å². The van der Waals surface area contributed by atoms with E-state index in [1.807, 2.05) is 24.5 Å². The van der Waals surface area contributed by atoms with Crippen molar-refractivity contribution in [2.24, 2.45) is 0 Å². The maximum absolute atomic E-state index is 11.8. The molecular weight excluding hydrogens is 298 g/mol. The summed E-state index contributed by atoms with van der Waals surface area (Å²) < 4.78 is 0. The SMILES string of the molecule is C=CC(=O)NC1(c2ccc(-c3ccnc4[nH]ccc34)cc2)CCC1. The monoisotopic (exact) mass is 317 g/mol. The van der Waals surface area contributed by atoms with Gasteiger partial charge in [-0.05, 0) is 54.2 Å². The Morgan fingerprint density at radius 1 is 1.21 bits per heavy atom. The predicted molar refractivity (Wildman–Crippen MR) is 95.4 cm³/mol. The Morgan fingerprint density at radius 2 is 2.00 bits per heavy atom. The van der Waals surface area contributed by atoms with Crippen LogP contribution in [0.3, 0.4) is 0 Å². The number of benzene rings is 1. The van der Waals surface area contributed by atoms with Crippen molar-refractivity contribution in [3.63, 3.8) is 0 Å². The molecule has 4 nitrogen and oxygen atoms in total. The van der Waals surface area contributed by atoms with Crippen molar-refractivity contribution in [3.8, 4) is 11.1 Å². The van der Waals surface area contributed by atoms with Gasteiger partial charge in [-0.25, -0.2) is 4.98 Å². The summed E-state index contributed by atoms with van der Waals surface area (Å²) in [6.45, 7) is 3.55. The molecular formula is C20H19N3O. The van der Waals surface area contributed by atoms with Crippen LogP contribution in [0.2, 0.25) is 0 Å². The van der Waals surface area contributed by atoms with E-state index in [2.05, 4.69) is 46.1 Å². The van der Waals surface area contributed by atoms with Crippen LogP contribution >= 0.6 is 0 Å². The Hall–Kier alpha value is -2.88. The number of hydrogen-bond acceptors (Lipinski definition) is 2. The second kappa shape index (κ2) is 5.64. The molecule has 1 fully saturated rings. The van der Waals surface area contributed by atoms with Crippen molar-refractivity contribution >= 4 is 16.9 Å². The smallest absolute Gasteiger partial charge is 0.244 e. The third kappa shape index (κ3) is 2.31. The lowest BCUT2D eigenvalue weighted by Gasteiger charge is -2.43. The first-order valence-electron chi connectivity index (χ1n) is 8.19. The molecule has 0 unspecified atom stereocenters. The van der Waals surface area contributed by atoms with Gasteiger partial charge in [0.25, 0.3) is 0 Å². The molecule has 1 amide bonds. The second-order valence-corrected chi connectivity index (χ2v) is 6.30. The molecule has 120 valence electrons. The average Bonchev–Trinajstić information content (AvgIpc) is 3.07. The first-order chi connectivity index (χ1) is 11.7. The number of aromatic amines is 1. The summed E-state index contributed by atoms with van der Waals surface area (Å²) in [5.74, 6) is -0.109. The number of carbonyl (C=O) groups is 1. The highest BCUT2D eigenvalue weighted by Gasteiger charge is 2.39. The zero-order valence-corrected chi connectivity index (χ0v) is 13.4. The van der Waals surface area contributed by atoms with E-state index >= 15 is 0 Å². The molecule has 0 atom stereocenters. The number of hydrogen-bond donors (Lipinski definition) is 2. The number of H-pyrrole nitrogens is 1. The minimum absolute atomic E-state index is 0.109. The van der Waals surface area contributed by atoms with Crippen LogP contribution in [0.4, 0.5) is 0 Å². The number of nitrogens with zero attached hydrogens (tertiary/aromatic N) is 1. The third-order valence-corrected chi connectivity index (χ3v) is 4.96. The molecule has 4 rings (SSSR count). The van der Waals surface area contributed by atoms with E-state index in [1.54, 1.807) is 0 Å². The van der Waals surface area contributed by atoms with E-state index < -0.39 is 0 Å². The molecule has 2 heterocycles. The van der Waals surface area contributed by atoms with Gasteiger partial charge in [0.15, 0.2) is 0 Å². The standard InChI is InChI=1S/C20H19N3O/c1-2-18(24)23-20(10-3-11-20)15-6-4-14(5-7-15)16-8-12-21-19-17(16)9-13-22-19/h2,4-9,12-13H,1,3,10-11H2,(H,21,22)(H,23,24). The Bertz CT molecular complexity index is 904. The van der Waals surface area contributed by atoms with Crippen LogP contribution in [0.5, 0.6) is 0 Å². The summed E-state index contributed by atoms with van der Waals surface area (Å²) in [5.41, 5.74) is 4.13. The maximum Gasteiger partial charge on any atom is 0.244 e. The van der Waals surface area contributed by atoms with E-state index in [4.69, 9.17) is 0 Å². The van der Waals surface area contributed by atoms with Crippen LogP contribution in [-0.2, 0) is 10.3 Å². The first kappa shape index (κ1) is 14.7. The van der Waals surface area contributed by atoms with Crippen molar-refractivity contribution in [3.05, 3.63) is 67.0 Å². The fourth-order valence-corrected chi connectivity index (χ4v) is 3.48. The molecule has 0 bridgehead atoms. The lowest BCUT2D eigenvalue weighted by molar-refractivity contribution is -0.119. The normalized spacial score (nSPS) is 15.7. The van der Waals surface area contributed by atoms with Crippen LogP contribution in [0.15, 0.2) is 61.4 Å². The van der Waals surface area contributed by atoms with Crippen LogP contribution in [0.25, 0.3) is 22.2 Å². The van der Waals surface area contributed by atoms with E-state index in [-0.39, 0.29) is 11.4 Å². The number of fused-ring (bicyclic) bond motifs is 1. The molecule has 3 aromatic rings. The molecule has 0 aliphatic heterocycles. The van der Waals surface area contributed by atoms with E-state index in [0.717, 1.165) is 47.0 Å². The van der Waals surface area contributed by atoms with Gasteiger partial charge in [0, 0.05) is 17.8 Å². The maximum atomic E-state index is 11.8. The fourth-order valence-electron chi connectivity index (χ4n) is 3.48. The molecule has 1 aliphatic carbocycles. The summed E-state index contributed by atoms with van der Waals surface area (Å²) in [6.07, 6.45) is 8.15. The lowest BCUT2D eigenvalue weighted by Crippen LogP contribution is -2.50. The summed E-state index contributed by atoms with van der Waals surface area (Å²) in [4.78, 5) is 19.2. The van der Waals surface area contributed by atoms with Crippen molar-refractivity contribution < 1.29 is 4.79 Å². The van der Waals surface area contributed by atoms with Gasteiger partial charge in [0.2, 0.25) is 5.91 Å². The molecule has 1 aromatic carbocycles. The molecule has 24 heavy (non-hydrogen) atoms. The van der Waals surface area contributed by atoms with Gasteiger partial charge in [-0.3, -0.25) is 4.79 Å². The number of pyridine rings is 1. The van der Waals surface area contributed by atoms with Gasteiger partial charge in [-0.15, -0.1) is 0 Å². The number of aromatic nitrogens is 2. The van der Waals surface area contributed by atoms with Crippen molar-refractivity contribution in [1.82, 2.24) is 15.3 Å². The van der Waals surface area contributed by atoms with E-state index in [1.165, 1.54) is 6.08 Å². The Kier molecular flexibility index (Phi) is 3.45. The average molecular weight is 317 g/mol. The minimum Gasteiger partial charge on any atom is -0.346 e. The Labute approximate surface area is 140 Å². The van der Waals surface area contributed by atoms with Gasteiger partial charge in [-0.1, -0.05) is 30.8 Å². The first-order valence-corrected chi connectivity index (χ1v) is 8.19. The van der Waals surface area contributed by atoms with Gasteiger partial charge in [0.1, 0.15) is 5.65 Å². The van der Waals surface area contributed by atoms with Gasteiger partial charge < -0.3 is 10.3 Å². The fraction of sp³-hybridized carbons (Fsp3) is 0.200. The Balaban J connectivity index is 1.69. The number of amides is 1. The Morgan fingerprint density at radius 3 is 2.67 bits per heavy atom. The summed E-state index contributed by atoms with van der Waals surface area (Å²) in [6, 6.07) is 12.6. The van der Waals surface area contributed by atoms with Crippen molar-refractivity contribution in [1.29, 1.82) is 0 Å². The van der Waals surface area contributed by atoms with Crippen LogP contribution in [-0.4, -0.2) is 15.9 Å². The second-order valence-electron chi connectivity index (χ2n) is 6.30. The lowest BCUT2D eigenvalue weighted by atomic mass is 9.71. The van der Waals surface area contributed by atoms with Crippen LogP contribution in [0.1, 0.15) is 24.8 Å². The summed E-state index contributed by atoms with van der Waals surface area (Å²) in [5, 5.41) is 4.22. The highest BCUT2D eigenvalue weighted by Crippen LogP contribution is 2.42. The molecule has 2 N–H and O–H groups in total. The van der Waals surface area contributed by atoms with Gasteiger partial charge >= 0.3 is 0 Å². The van der Waals surface area contributed by atoms with Crippen molar-refractivity contribution in [2.75, 3.05) is 0 Å². The zero-order chi connectivity index (χ0) is 16.6. The molecule has 0 spiro atoms. The number of rotatable bonds is 4. The minimum atomic E-state index is -0.231. The van der Waals surface area contributed by atoms with Crippen LogP contribution in [0, 0.1) is 0 Å². The van der Waals surface area contributed by atoms with Crippen LogP contribution < -0.4 is 5.32 Å². The molecule has 1 aliphatic rings. The number of carbonyl (C=O) groups excluding carboxylic acids is 1. The largest absolute Gasteiger partial charge is 0.346 e.